The molecule has 10 N–H and O–H groups in total. The Kier molecular flexibility index (Phi) is 25.5. The molecular weight excluding hydrogens is 1040 g/mol. The number of aliphatic carboxylic acids is 1. The minimum atomic E-state index is -1.97. The minimum Gasteiger partial charge on any atom is -0.479 e. The smallest absolute Gasteiger partial charge is 0.410 e. The van der Waals surface area contributed by atoms with Gasteiger partial charge in [-0.25, -0.2) is 9.59 Å². The molecule has 24 heteroatoms. The van der Waals surface area contributed by atoms with Gasteiger partial charge in [0.1, 0.15) is 42.8 Å². The lowest BCUT2D eigenvalue weighted by atomic mass is 9.89. The molecule has 6 amide bonds. The Balaban J connectivity index is 1.47. The van der Waals surface area contributed by atoms with Crippen molar-refractivity contribution >= 4 is 47.3 Å². The molecule has 0 spiro atoms. The Morgan fingerprint density at radius 1 is 0.850 bits per heavy atom. The van der Waals surface area contributed by atoms with E-state index in [-0.39, 0.29) is 48.6 Å². The van der Waals surface area contributed by atoms with Crippen LogP contribution in [0.5, 0.6) is 5.75 Å². The first-order chi connectivity index (χ1) is 37.7. The van der Waals surface area contributed by atoms with Gasteiger partial charge in [-0.05, 0) is 60.8 Å². The van der Waals surface area contributed by atoms with E-state index >= 15 is 0 Å². The van der Waals surface area contributed by atoms with Crippen molar-refractivity contribution < 1.29 is 82.8 Å². The molecule has 2 heterocycles. The summed E-state index contributed by atoms with van der Waals surface area (Å²) in [6.45, 7) is 14.4. The number of nitrogens with two attached hydrogens (primary N) is 1. The molecule has 2 aliphatic rings. The normalized spacial score (nSPS) is 22.6. The molecule has 0 saturated carbocycles. The predicted octanol–water partition coefficient (Wildman–Crippen LogP) is 2.14. The molecule has 0 aliphatic carbocycles. The van der Waals surface area contributed by atoms with Gasteiger partial charge in [0.05, 0.1) is 54.5 Å². The largest absolute Gasteiger partial charge is 0.479 e. The predicted molar refractivity (Wildman–Crippen MR) is 292 cm³/mol. The molecule has 80 heavy (non-hydrogen) atoms. The van der Waals surface area contributed by atoms with Gasteiger partial charge in [0.2, 0.25) is 35.8 Å². The van der Waals surface area contributed by atoms with Gasteiger partial charge in [-0.1, -0.05) is 91.3 Å². The number of carbonyl (C=O) groups is 7. The zero-order valence-corrected chi connectivity index (χ0v) is 48.1. The highest BCUT2D eigenvalue weighted by atomic mass is 16.7. The third kappa shape index (κ3) is 16.8. The first-order valence-electron chi connectivity index (χ1n) is 27.3. The lowest BCUT2D eigenvalue weighted by Crippen LogP contribution is -2.61. The molecule has 2 aromatic rings. The highest BCUT2D eigenvalue weighted by Crippen LogP contribution is 2.33. The van der Waals surface area contributed by atoms with Gasteiger partial charge < -0.3 is 80.7 Å². The highest BCUT2D eigenvalue weighted by Gasteiger charge is 2.49. The third-order valence-electron chi connectivity index (χ3n) is 15.2. The van der Waals surface area contributed by atoms with Gasteiger partial charge in [-0.3, -0.25) is 28.9 Å². The van der Waals surface area contributed by atoms with Crippen molar-refractivity contribution in [3.05, 3.63) is 59.7 Å². The molecule has 2 aliphatic heterocycles. The number of nitrogens with zero attached hydrogens (tertiary/aromatic N) is 3. The lowest BCUT2D eigenvalue weighted by Gasteiger charge is -2.41. The number of likely N-dealkylation sites (tertiary alicyclic amines) is 1. The summed E-state index contributed by atoms with van der Waals surface area (Å²) in [5.41, 5.74) is 6.50. The van der Waals surface area contributed by atoms with Crippen LogP contribution >= 0.6 is 0 Å². The van der Waals surface area contributed by atoms with Crippen molar-refractivity contribution in [2.45, 2.75) is 173 Å². The van der Waals surface area contributed by atoms with Crippen molar-refractivity contribution in [2.75, 3.05) is 46.7 Å². The van der Waals surface area contributed by atoms with Crippen molar-refractivity contribution in [3.8, 4) is 5.75 Å². The lowest BCUT2D eigenvalue weighted by molar-refractivity contribution is -0.271. The Hall–Kier alpha value is -5.99. The standard InChI is InChI=1S/C56H87N7O17/c1-13-31(6)44(39(76-11)27-41(65)63-25-17-20-37(63)49(77-12)32(7)51(70)58-33(8)45(66)35-18-15-14-16-19-35)61(9)53(72)42(29(2)3)60-52(71)43(30(4)5)62(10)56(75)78-28-34-21-22-38(36(26-34)59-40(64)23-24-57)79-55-48(69)46(67)47(68)50(80-55)54(73)74/h14-16,18-19,21-22,26,29-33,37,39,42-50,55,66-69H,13,17,20,23-25,27-28,57H2,1-12H3,(H,58,70)(H,59,64)(H,60,71)(H,73,74)/t31-,32+,33+,37-,39+,42-,43-,44-,45+,46-,47-,48+,49+,50-,55-/m0/s1. The van der Waals surface area contributed by atoms with E-state index in [9.17, 15) is 59.1 Å². The summed E-state index contributed by atoms with van der Waals surface area (Å²) in [6.07, 6.45) is -11.3. The number of benzene rings is 2. The summed E-state index contributed by atoms with van der Waals surface area (Å²) in [5, 5.41) is 59.8. The van der Waals surface area contributed by atoms with Crippen LogP contribution in [0.15, 0.2) is 48.5 Å². The van der Waals surface area contributed by atoms with E-state index in [1.54, 1.807) is 65.6 Å². The van der Waals surface area contributed by atoms with E-state index in [0.29, 0.717) is 36.9 Å². The molecule has 15 atom stereocenters. The number of hydrogen-bond acceptors (Lipinski definition) is 17. The van der Waals surface area contributed by atoms with E-state index in [0.717, 1.165) is 4.90 Å². The fourth-order valence-corrected chi connectivity index (χ4v) is 10.4. The number of ether oxygens (including phenoxy) is 5. The summed E-state index contributed by atoms with van der Waals surface area (Å²) in [7, 11) is 5.97. The van der Waals surface area contributed by atoms with E-state index in [2.05, 4.69) is 16.0 Å². The molecule has 24 nitrogen and oxygen atoms in total. The number of methoxy groups -OCH3 is 2. The Labute approximate surface area is 468 Å². The molecule has 2 fully saturated rings. The van der Waals surface area contributed by atoms with E-state index in [1.807, 2.05) is 32.0 Å². The second kappa shape index (κ2) is 30.7. The quantitative estimate of drug-likeness (QED) is 0.0589. The van der Waals surface area contributed by atoms with Crippen molar-refractivity contribution in [1.29, 1.82) is 0 Å². The van der Waals surface area contributed by atoms with Gasteiger partial charge in [0, 0.05) is 47.8 Å². The number of hydrogen-bond donors (Lipinski definition) is 9. The fraction of sp³-hybridized carbons (Fsp3) is 0.661. The molecule has 448 valence electrons. The van der Waals surface area contributed by atoms with Gasteiger partial charge in [0.25, 0.3) is 0 Å². The van der Waals surface area contributed by atoms with Crippen LogP contribution in [0.25, 0.3) is 0 Å². The summed E-state index contributed by atoms with van der Waals surface area (Å²) in [5.74, 6) is -5.83. The second-order valence-corrected chi connectivity index (χ2v) is 21.6. The second-order valence-electron chi connectivity index (χ2n) is 21.6. The number of aliphatic hydroxyl groups is 4. The zero-order chi connectivity index (χ0) is 59.9. The van der Waals surface area contributed by atoms with Gasteiger partial charge in [-0.15, -0.1) is 0 Å². The number of likely N-dealkylation sites (N-methyl/N-ethyl adjacent to an activating group) is 2. The third-order valence-corrected chi connectivity index (χ3v) is 15.2. The summed E-state index contributed by atoms with van der Waals surface area (Å²) in [6, 6.07) is 9.20. The molecule has 2 saturated heterocycles. The first kappa shape index (κ1) is 66.5. The Morgan fingerprint density at radius 3 is 2.09 bits per heavy atom. The minimum absolute atomic E-state index is 0.0190. The molecule has 0 bridgehead atoms. The summed E-state index contributed by atoms with van der Waals surface area (Å²) < 4.78 is 28.6. The molecular formula is C56H87N7O17. The SMILES string of the molecule is CC[C@H](C)[C@@H]([C@@H](CC(=O)N1CCC[C@H]1[C@H](OC)[C@@H](C)C(=O)N[C@H](C)[C@@H](O)c1ccccc1)OC)N(C)C(=O)[C@@H](NC(=O)[C@H](C(C)C)N(C)C(=O)OCc1ccc(O[C@H]2O[C@H](C(=O)O)[C@@H](O)[C@H](O)[C@H]2O)c(NC(=O)CCN)c1)C(C)C. The number of rotatable bonds is 28. The molecule has 4 rings (SSSR count). The number of carboxylic acids is 1. The molecule has 0 aromatic heterocycles. The van der Waals surface area contributed by atoms with Crippen molar-refractivity contribution in [2.24, 2.45) is 29.4 Å². The number of nitrogens with one attached hydrogen (secondary N) is 3. The van der Waals surface area contributed by atoms with Crippen LogP contribution in [0, 0.1) is 23.7 Å². The number of anilines is 1. The van der Waals surface area contributed by atoms with E-state index in [1.165, 1.54) is 44.4 Å². The number of amides is 6. The maximum Gasteiger partial charge on any atom is 0.410 e. The van der Waals surface area contributed by atoms with Crippen LogP contribution in [0.4, 0.5) is 10.5 Å². The molecule has 0 unspecified atom stereocenters. The van der Waals surface area contributed by atoms with Crippen LogP contribution in [-0.4, -0.2) is 196 Å². The van der Waals surface area contributed by atoms with Crippen LogP contribution in [-0.2, 0) is 54.3 Å². The molecule has 2 aromatic carbocycles. The van der Waals surface area contributed by atoms with E-state index < -0.39 is 133 Å². The van der Waals surface area contributed by atoms with Crippen molar-refractivity contribution in [3.63, 3.8) is 0 Å². The Morgan fingerprint density at radius 2 is 1.51 bits per heavy atom. The van der Waals surface area contributed by atoms with Crippen LogP contribution < -0.4 is 26.4 Å². The van der Waals surface area contributed by atoms with Crippen molar-refractivity contribution in [1.82, 2.24) is 25.3 Å². The van der Waals surface area contributed by atoms with Crippen LogP contribution in [0.2, 0.25) is 0 Å². The average molecular weight is 1130 g/mol. The maximum atomic E-state index is 14.7. The van der Waals surface area contributed by atoms with Crippen LogP contribution in [0.3, 0.4) is 0 Å². The zero-order valence-electron chi connectivity index (χ0n) is 48.1. The highest BCUT2D eigenvalue weighted by molar-refractivity contribution is 5.93. The number of carboxylic acid groups (broad SMARTS) is 1. The van der Waals surface area contributed by atoms with Gasteiger partial charge in [-0.2, -0.15) is 0 Å². The summed E-state index contributed by atoms with van der Waals surface area (Å²) >= 11 is 0. The summed E-state index contributed by atoms with van der Waals surface area (Å²) in [4.78, 5) is 99.7. The monoisotopic (exact) mass is 1130 g/mol. The Bertz CT molecular complexity index is 2380. The molecule has 0 radical (unpaired) electrons. The van der Waals surface area contributed by atoms with Gasteiger partial charge >= 0.3 is 12.1 Å². The number of aliphatic hydroxyl groups excluding tert-OH is 4. The first-order valence-corrected chi connectivity index (χ1v) is 27.3. The van der Waals surface area contributed by atoms with Crippen LogP contribution in [0.1, 0.15) is 105 Å². The topological polar surface area (TPSA) is 339 Å². The fourth-order valence-electron chi connectivity index (χ4n) is 10.4. The van der Waals surface area contributed by atoms with Gasteiger partial charge in [0.15, 0.2) is 6.10 Å². The number of carbonyl (C=O) groups excluding carboxylic acids is 6. The maximum absolute atomic E-state index is 14.7. The average Bonchev–Trinajstić information content (AvgIpc) is 3.91. The van der Waals surface area contributed by atoms with E-state index in [4.69, 9.17) is 29.4 Å².